The molecule has 0 radical (unpaired) electrons. The summed E-state index contributed by atoms with van der Waals surface area (Å²) in [6.07, 6.45) is 1.53. The fraction of sp³-hybridized carbons (Fsp3) is 0.316. The molecule has 0 aliphatic carbocycles. The number of rotatable bonds is 6. The van der Waals surface area contributed by atoms with E-state index in [-0.39, 0.29) is 18.7 Å². The molecule has 1 heterocycles. The van der Waals surface area contributed by atoms with Crippen LogP contribution < -0.4 is 15.2 Å². The monoisotopic (exact) mass is 326 g/mol. The maximum Gasteiger partial charge on any atom is 0.253 e. The first kappa shape index (κ1) is 16.3. The SMILES string of the molecule is CN(C(=O)c1ccc2c(c1)OCO2)[C@@H](CCN)Cc1ccccc1. The Morgan fingerprint density at radius 1 is 1.17 bits per heavy atom. The van der Waals surface area contributed by atoms with Crippen LogP contribution in [0.2, 0.25) is 0 Å². The van der Waals surface area contributed by atoms with Gasteiger partial charge in [0.15, 0.2) is 11.5 Å². The van der Waals surface area contributed by atoms with E-state index in [9.17, 15) is 4.79 Å². The van der Waals surface area contributed by atoms with E-state index in [0.29, 0.717) is 23.6 Å². The standard InChI is InChI=1S/C19H22N2O3/c1-21(16(9-10-20)11-14-5-3-2-4-6-14)19(22)15-7-8-17-18(12-15)24-13-23-17/h2-8,12,16H,9-11,13,20H2,1H3/t16-/m0/s1. The van der Waals surface area contributed by atoms with Crippen LogP contribution in [0.5, 0.6) is 11.5 Å². The van der Waals surface area contributed by atoms with Crippen molar-refractivity contribution in [3.05, 3.63) is 59.7 Å². The number of likely N-dealkylation sites (N-methyl/N-ethyl adjacent to an activating group) is 1. The number of nitrogens with two attached hydrogens (primary N) is 1. The number of carbonyl (C=O) groups excluding carboxylic acids is 1. The van der Waals surface area contributed by atoms with Crippen LogP contribution in [0.4, 0.5) is 0 Å². The molecule has 24 heavy (non-hydrogen) atoms. The van der Waals surface area contributed by atoms with Gasteiger partial charge in [-0.3, -0.25) is 4.79 Å². The summed E-state index contributed by atoms with van der Waals surface area (Å²) in [7, 11) is 1.83. The first-order valence-corrected chi connectivity index (χ1v) is 8.10. The summed E-state index contributed by atoms with van der Waals surface area (Å²) in [6.45, 7) is 0.739. The van der Waals surface area contributed by atoms with Gasteiger partial charge in [-0.25, -0.2) is 0 Å². The van der Waals surface area contributed by atoms with Gasteiger partial charge < -0.3 is 20.1 Å². The second-order valence-electron chi connectivity index (χ2n) is 5.90. The van der Waals surface area contributed by atoms with Gasteiger partial charge in [-0.05, 0) is 43.1 Å². The van der Waals surface area contributed by atoms with Gasteiger partial charge >= 0.3 is 0 Å². The molecule has 0 saturated carbocycles. The molecule has 2 aromatic rings. The Kier molecular flexibility index (Phi) is 5.01. The smallest absolute Gasteiger partial charge is 0.253 e. The van der Waals surface area contributed by atoms with Crippen molar-refractivity contribution >= 4 is 5.91 Å². The highest BCUT2D eigenvalue weighted by molar-refractivity contribution is 5.95. The maximum absolute atomic E-state index is 12.8. The Morgan fingerprint density at radius 3 is 2.67 bits per heavy atom. The molecule has 1 aliphatic heterocycles. The van der Waals surface area contributed by atoms with Crippen LogP contribution in [-0.4, -0.2) is 37.2 Å². The molecule has 126 valence electrons. The van der Waals surface area contributed by atoms with Crippen LogP contribution in [0, 0.1) is 0 Å². The van der Waals surface area contributed by atoms with Crippen molar-refractivity contribution in [1.29, 1.82) is 0 Å². The van der Waals surface area contributed by atoms with E-state index in [1.807, 2.05) is 25.2 Å². The fourth-order valence-corrected chi connectivity index (χ4v) is 2.91. The molecule has 2 aromatic carbocycles. The second-order valence-corrected chi connectivity index (χ2v) is 5.90. The summed E-state index contributed by atoms with van der Waals surface area (Å²) in [4.78, 5) is 14.6. The van der Waals surface area contributed by atoms with E-state index in [0.717, 1.165) is 12.8 Å². The molecule has 5 nitrogen and oxygen atoms in total. The fourth-order valence-electron chi connectivity index (χ4n) is 2.91. The normalized spacial score (nSPS) is 13.6. The Bertz CT molecular complexity index is 703. The van der Waals surface area contributed by atoms with Crippen LogP contribution in [0.3, 0.4) is 0 Å². The summed E-state index contributed by atoms with van der Waals surface area (Å²) in [5.41, 5.74) is 7.55. The average Bonchev–Trinajstić information content (AvgIpc) is 3.08. The van der Waals surface area contributed by atoms with Gasteiger partial charge in [-0.2, -0.15) is 0 Å². The zero-order chi connectivity index (χ0) is 16.9. The van der Waals surface area contributed by atoms with Crippen molar-refractivity contribution in [3.8, 4) is 11.5 Å². The number of benzene rings is 2. The van der Waals surface area contributed by atoms with Gasteiger partial charge in [-0.15, -0.1) is 0 Å². The van der Waals surface area contributed by atoms with E-state index in [1.165, 1.54) is 5.56 Å². The predicted octanol–water partition coefficient (Wildman–Crippen LogP) is 2.45. The van der Waals surface area contributed by atoms with Crippen molar-refractivity contribution in [1.82, 2.24) is 4.90 Å². The molecule has 0 fully saturated rings. The zero-order valence-electron chi connectivity index (χ0n) is 13.8. The van der Waals surface area contributed by atoms with Gasteiger partial charge in [-0.1, -0.05) is 30.3 Å². The van der Waals surface area contributed by atoms with E-state index >= 15 is 0 Å². The molecule has 0 spiro atoms. The summed E-state index contributed by atoms with van der Waals surface area (Å²) in [6, 6.07) is 15.5. The van der Waals surface area contributed by atoms with E-state index in [1.54, 1.807) is 23.1 Å². The predicted molar refractivity (Wildman–Crippen MR) is 92.3 cm³/mol. The van der Waals surface area contributed by atoms with Gasteiger partial charge in [0, 0.05) is 18.7 Å². The highest BCUT2D eigenvalue weighted by atomic mass is 16.7. The second kappa shape index (κ2) is 7.36. The summed E-state index contributed by atoms with van der Waals surface area (Å²) in [5, 5.41) is 0. The molecular weight excluding hydrogens is 304 g/mol. The number of hydrogen-bond acceptors (Lipinski definition) is 4. The Hall–Kier alpha value is -2.53. The number of hydrogen-bond donors (Lipinski definition) is 1. The van der Waals surface area contributed by atoms with Crippen LogP contribution in [0.15, 0.2) is 48.5 Å². The van der Waals surface area contributed by atoms with Gasteiger partial charge in [0.05, 0.1) is 0 Å². The lowest BCUT2D eigenvalue weighted by Crippen LogP contribution is -2.39. The molecule has 1 aliphatic rings. The number of fused-ring (bicyclic) bond motifs is 1. The molecule has 1 amide bonds. The highest BCUT2D eigenvalue weighted by Gasteiger charge is 2.23. The molecule has 0 unspecified atom stereocenters. The molecule has 2 N–H and O–H groups in total. The maximum atomic E-state index is 12.8. The van der Waals surface area contributed by atoms with Crippen LogP contribution in [-0.2, 0) is 6.42 Å². The summed E-state index contributed by atoms with van der Waals surface area (Å²) >= 11 is 0. The topological polar surface area (TPSA) is 64.8 Å². The molecule has 0 saturated heterocycles. The van der Waals surface area contributed by atoms with Gasteiger partial charge in [0.25, 0.3) is 5.91 Å². The van der Waals surface area contributed by atoms with Crippen molar-refractivity contribution in [3.63, 3.8) is 0 Å². The van der Waals surface area contributed by atoms with Crippen LogP contribution in [0.25, 0.3) is 0 Å². The first-order chi connectivity index (χ1) is 11.7. The number of nitrogens with zero attached hydrogens (tertiary/aromatic N) is 1. The minimum Gasteiger partial charge on any atom is -0.454 e. The third-order valence-corrected chi connectivity index (χ3v) is 4.30. The largest absolute Gasteiger partial charge is 0.454 e. The van der Waals surface area contributed by atoms with E-state index in [4.69, 9.17) is 15.2 Å². The number of ether oxygens (including phenoxy) is 2. The van der Waals surface area contributed by atoms with Crippen LogP contribution in [0.1, 0.15) is 22.3 Å². The third kappa shape index (κ3) is 3.51. The lowest BCUT2D eigenvalue weighted by Gasteiger charge is -2.28. The van der Waals surface area contributed by atoms with E-state index in [2.05, 4.69) is 12.1 Å². The van der Waals surface area contributed by atoms with Gasteiger partial charge in [0.1, 0.15) is 0 Å². The van der Waals surface area contributed by atoms with Gasteiger partial charge in [0.2, 0.25) is 6.79 Å². The molecular formula is C19H22N2O3. The molecule has 5 heteroatoms. The average molecular weight is 326 g/mol. The first-order valence-electron chi connectivity index (χ1n) is 8.10. The summed E-state index contributed by atoms with van der Waals surface area (Å²) < 4.78 is 10.7. The lowest BCUT2D eigenvalue weighted by atomic mass is 10.0. The minimum absolute atomic E-state index is 0.0392. The quantitative estimate of drug-likeness (QED) is 0.885. The number of amides is 1. The number of carbonyl (C=O) groups is 1. The Morgan fingerprint density at radius 2 is 1.92 bits per heavy atom. The van der Waals surface area contributed by atoms with E-state index < -0.39 is 0 Å². The van der Waals surface area contributed by atoms with Crippen molar-refractivity contribution in [2.45, 2.75) is 18.9 Å². The Balaban J connectivity index is 1.76. The molecule has 0 bridgehead atoms. The van der Waals surface area contributed by atoms with Crippen molar-refractivity contribution in [2.75, 3.05) is 20.4 Å². The zero-order valence-corrected chi connectivity index (χ0v) is 13.8. The molecule has 3 rings (SSSR count). The Labute approximate surface area is 142 Å². The van der Waals surface area contributed by atoms with Crippen LogP contribution >= 0.6 is 0 Å². The van der Waals surface area contributed by atoms with Crippen molar-refractivity contribution in [2.24, 2.45) is 5.73 Å². The highest BCUT2D eigenvalue weighted by Crippen LogP contribution is 2.33. The molecule has 1 atom stereocenters. The minimum atomic E-state index is -0.0392. The lowest BCUT2D eigenvalue weighted by molar-refractivity contribution is 0.0725. The third-order valence-electron chi connectivity index (χ3n) is 4.30. The molecule has 0 aromatic heterocycles. The van der Waals surface area contributed by atoms with Crippen molar-refractivity contribution < 1.29 is 14.3 Å². The summed E-state index contributed by atoms with van der Waals surface area (Å²) in [5.74, 6) is 1.26.